The standard InChI is InChI=1S/C10H7ClFNO2/c11-4-7-2-1-6(3-9(14)15)10(12)8(7)5-13/h1-2H,3-4H2,(H,14,15). The molecule has 0 amide bonds. The van der Waals surface area contributed by atoms with E-state index < -0.39 is 18.2 Å². The van der Waals surface area contributed by atoms with E-state index in [0.717, 1.165) is 0 Å². The molecule has 0 fully saturated rings. The zero-order valence-corrected chi connectivity index (χ0v) is 8.38. The van der Waals surface area contributed by atoms with Crippen LogP contribution in [0.4, 0.5) is 4.39 Å². The van der Waals surface area contributed by atoms with Crippen LogP contribution in [0.2, 0.25) is 0 Å². The number of carboxylic acid groups (broad SMARTS) is 1. The van der Waals surface area contributed by atoms with E-state index in [9.17, 15) is 9.18 Å². The zero-order valence-electron chi connectivity index (χ0n) is 7.63. The smallest absolute Gasteiger partial charge is 0.307 e. The maximum Gasteiger partial charge on any atom is 0.307 e. The van der Waals surface area contributed by atoms with Crippen molar-refractivity contribution in [2.24, 2.45) is 0 Å². The van der Waals surface area contributed by atoms with E-state index in [4.69, 9.17) is 22.0 Å². The minimum absolute atomic E-state index is 0.00656. The van der Waals surface area contributed by atoms with Crippen LogP contribution >= 0.6 is 11.6 Å². The number of aliphatic carboxylic acids is 1. The summed E-state index contributed by atoms with van der Waals surface area (Å²) >= 11 is 5.51. The lowest BCUT2D eigenvalue weighted by Crippen LogP contribution is -2.05. The highest BCUT2D eigenvalue weighted by molar-refractivity contribution is 6.17. The van der Waals surface area contributed by atoms with Gasteiger partial charge >= 0.3 is 5.97 Å². The molecular weight excluding hydrogens is 221 g/mol. The number of rotatable bonds is 3. The van der Waals surface area contributed by atoms with Gasteiger partial charge in [0.25, 0.3) is 0 Å². The molecule has 0 aliphatic carbocycles. The Morgan fingerprint density at radius 1 is 1.53 bits per heavy atom. The number of benzene rings is 1. The van der Waals surface area contributed by atoms with Crippen LogP contribution in [0.1, 0.15) is 16.7 Å². The monoisotopic (exact) mass is 227 g/mol. The maximum atomic E-state index is 13.5. The molecule has 0 spiro atoms. The molecule has 1 N–H and O–H groups in total. The summed E-state index contributed by atoms with van der Waals surface area (Å²) in [4.78, 5) is 10.4. The Morgan fingerprint density at radius 3 is 2.60 bits per heavy atom. The molecule has 0 aliphatic rings. The quantitative estimate of drug-likeness (QED) is 0.804. The molecule has 0 aliphatic heterocycles. The molecule has 0 saturated heterocycles. The lowest BCUT2D eigenvalue weighted by Gasteiger charge is -2.05. The minimum Gasteiger partial charge on any atom is -0.481 e. The molecule has 78 valence electrons. The third-order valence-corrected chi connectivity index (χ3v) is 2.19. The number of carbonyl (C=O) groups is 1. The van der Waals surface area contributed by atoms with Gasteiger partial charge < -0.3 is 5.11 Å². The van der Waals surface area contributed by atoms with Crippen molar-refractivity contribution in [3.05, 3.63) is 34.6 Å². The number of hydrogen-bond donors (Lipinski definition) is 1. The van der Waals surface area contributed by atoms with Crippen molar-refractivity contribution in [3.8, 4) is 6.07 Å². The molecule has 0 aromatic heterocycles. The van der Waals surface area contributed by atoms with Crippen LogP contribution < -0.4 is 0 Å². The molecule has 3 nitrogen and oxygen atoms in total. The molecular formula is C10H7ClFNO2. The molecule has 0 atom stereocenters. The van der Waals surface area contributed by atoms with E-state index in [1.54, 1.807) is 6.07 Å². The molecule has 15 heavy (non-hydrogen) atoms. The first kappa shape index (κ1) is 11.5. The molecule has 5 heteroatoms. The average Bonchev–Trinajstić information content (AvgIpc) is 2.20. The Balaban J connectivity index is 3.24. The van der Waals surface area contributed by atoms with Crippen molar-refractivity contribution < 1.29 is 14.3 Å². The topological polar surface area (TPSA) is 61.1 Å². The second-order valence-corrected chi connectivity index (χ2v) is 3.16. The molecule has 0 radical (unpaired) electrons. The Bertz CT molecular complexity index is 440. The number of nitriles is 1. The predicted octanol–water partition coefficient (Wildman–Crippen LogP) is 2.06. The first-order valence-electron chi connectivity index (χ1n) is 4.08. The van der Waals surface area contributed by atoms with Gasteiger partial charge in [0, 0.05) is 11.4 Å². The van der Waals surface area contributed by atoms with Crippen LogP contribution in [0.15, 0.2) is 12.1 Å². The van der Waals surface area contributed by atoms with Crippen molar-refractivity contribution in [3.63, 3.8) is 0 Å². The van der Waals surface area contributed by atoms with Gasteiger partial charge in [0.15, 0.2) is 0 Å². The molecule has 1 rings (SSSR count). The van der Waals surface area contributed by atoms with E-state index in [0.29, 0.717) is 5.56 Å². The molecule has 1 aromatic carbocycles. The number of carboxylic acids is 1. The fourth-order valence-electron chi connectivity index (χ4n) is 1.19. The van der Waals surface area contributed by atoms with Gasteiger partial charge in [-0.3, -0.25) is 4.79 Å². The average molecular weight is 228 g/mol. The Hall–Kier alpha value is -1.60. The van der Waals surface area contributed by atoms with Crippen LogP contribution in [-0.2, 0) is 17.1 Å². The first-order valence-corrected chi connectivity index (χ1v) is 4.61. The van der Waals surface area contributed by atoms with E-state index >= 15 is 0 Å². The molecule has 0 unspecified atom stereocenters. The molecule has 0 heterocycles. The fourth-order valence-corrected chi connectivity index (χ4v) is 1.41. The van der Waals surface area contributed by atoms with Gasteiger partial charge in [-0.1, -0.05) is 12.1 Å². The number of hydrogen-bond acceptors (Lipinski definition) is 2. The van der Waals surface area contributed by atoms with E-state index in [2.05, 4.69) is 0 Å². The molecule has 0 bridgehead atoms. The summed E-state index contributed by atoms with van der Waals surface area (Å²) in [6, 6.07) is 4.48. The van der Waals surface area contributed by atoms with Gasteiger partial charge in [0.2, 0.25) is 0 Å². The van der Waals surface area contributed by atoms with Crippen LogP contribution in [0, 0.1) is 17.1 Å². The number of nitrogens with zero attached hydrogens (tertiary/aromatic N) is 1. The van der Waals surface area contributed by atoms with Crippen LogP contribution in [-0.4, -0.2) is 11.1 Å². The van der Waals surface area contributed by atoms with E-state index in [1.165, 1.54) is 12.1 Å². The highest BCUT2D eigenvalue weighted by Gasteiger charge is 2.14. The SMILES string of the molecule is N#Cc1c(CCl)ccc(CC(=O)O)c1F. The predicted molar refractivity (Wildman–Crippen MR) is 52.0 cm³/mol. The fraction of sp³-hybridized carbons (Fsp3) is 0.200. The Kier molecular flexibility index (Phi) is 3.64. The van der Waals surface area contributed by atoms with Gasteiger partial charge in [-0.25, -0.2) is 4.39 Å². The summed E-state index contributed by atoms with van der Waals surface area (Å²) in [6.07, 6.45) is -0.441. The third-order valence-electron chi connectivity index (χ3n) is 1.91. The number of alkyl halides is 1. The van der Waals surface area contributed by atoms with Crippen molar-refractivity contribution in [2.45, 2.75) is 12.3 Å². The van der Waals surface area contributed by atoms with Crippen molar-refractivity contribution in [2.75, 3.05) is 0 Å². The maximum absolute atomic E-state index is 13.5. The highest BCUT2D eigenvalue weighted by atomic mass is 35.5. The highest BCUT2D eigenvalue weighted by Crippen LogP contribution is 2.19. The van der Waals surface area contributed by atoms with Gasteiger partial charge in [-0.05, 0) is 5.56 Å². The molecule has 0 saturated carbocycles. The molecule has 1 aromatic rings. The minimum atomic E-state index is -1.14. The summed E-state index contributed by atoms with van der Waals surface area (Å²) < 4.78 is 13.5. The van der Waals surface area contributed by atoms with Gasteiger partial charge in [-0.2, -0.15) is 5.26 Å². The summed E-state index contributed by atoms with van der Waals surface area (Å²) in [6.45, 7) is 0. The second kappa shape index (κ2) is 4.76. The summed E-state index contributed by atoms with van der Waals surface area (Å²) in [5, 5.41) is 17.2. The zero-order chi connectivity index (χ0) is 11.4. The first-order chi connectivity index (χ1) is 7.10. The van der Waals surface area contributed by atoms with Crippen LogP contribution in [0.3, 0.4) is 0 Å². The largest absolute Gasteiger partial charge is 0.481 e. The Morgan fingerprint density at radius 2 is 2.13 bits per heavy atom. The van der Waals surface area contributed by atoms with Gasteiger partial charge in [0.1, 0.15) is 11.9 Å². The second-order valence-electron chi connectivity index (χ2n) is 2.89. The van der Waals surface area contributed by atoms with Crippen molar-refractivity contribution in [1.29, 1.82) is 5.26 Å². The van der Waals surface area contributed by atoms with Crippen molar-refractivity contribution in [1.82, 2.24) is 0 Å². The van der Waals surface area contributed by atoms with E-state index in [1.807, 2.05) is 0 Å². The normalized spacial score (nSPS) is 9.67. The summed E-state index contributed by atoms with van der Waals surface area (Å²) in [5.74, 6) is -1.91. The van der Waals surface area contributed by atoms with Crippen LogP contribution in [0.25, 0.3) is 0 Å². The third kappa shape index (κ3) is 2.45. The lowest BCUT2D eigenvalue weighted by molar-refractivity contribution is -0.136. The van der Waals surface area contributed by atoms with Crippen molar-refractivity contribution >= 4 is 17.6 Å². The van der Waals surface area contributed by atoms with E-state index in [-0.39, 0.29) is 17.0 Å². The van der Waals surface area contributed by atoms with Gasteiger partial charge in [0.05, 0.1) is 12.0 Å². The summed E-state index contributed by atoms with van der Waals surface area (Å²) in [7, 11) is 0. The Labute approximate surface area is 90.7 Å². The van der Waals surface area contributed by atoms with Crippen LogP contribution in [0.5, 0.6) is 0 Å². The number of halogens is 2. The van der Waals surface area contributed by atoms with Gasteiger partial charge in [-0.15, -0.1) is 11.6 Å². The lowest BCUT2D eigenvalue weighted by atomic mass is 10.0. The summed E-state index contributed by atoms with van der Waals surface area (Å²) in [5.41, 5.74) is 0.183.